The Labute approximate surface area is 119 Å². The molecule has 3 heteroatoms. The summed E-state index contributed by atoms with van der Waals surface area (Å²) in [7, 11) is 1.64. The number of esters is 1. The number of hydrogen-bond acceptors (Lipinski definition) is 3. The molecule has 104 valence electrons. The quantitative estimate of drug-likeness (QED) is 0.792. The highest BCUT2D eigenvalue weighted by molar-refractivity contribution is 5.92. The highest BCUT2D eigenvalue weighted by Crippen LogP contribution is 2.25. The Morgan fingerprint density at radius 3 is 2.30 bits per heavy atom. The van der Waals surface area contributed by atoms with Crippen molar-refractivity contribution in [3.8, 4) is 16.9 Å². The molecular weight excluding hydrogens is 252 g/mol. The summed E-state index contributed by atoms with van der Waals surface area (Å²) in [6.45, 7) is 4.09. The van der Waals surface area contributed by atoms with Gasteiger partial charge in [0, 0.05) is 0 Å². The van der Waals surface area contributed by atoms with E-state index in [1.165, 1.54) is 0 Å². The zero-order valence-electron chi connectivity index (χ0n) is 12.0. The minimum absolute atomic E-state index is 0.277. The van der Waals surface area contributed by atoms with Gasteiger partial charge >= 0.3 is 5.97 Å². The molecule has 3 nitrogen and oxygen atoms in total. The molecule has 0 saturated carbocycles. The molecule has 0 amide bonds. The second kappa shape index (κ2) is 6.24. The van der Waals surface area contributed by atoms with Crippen LogP contribution in [0.15, 0.2) is 42.5 Å². The number of ether oxygens (including phenoxy) is 2. The van der Waals surface area contributed by atoms with Gasteiger partial charge in [-0.1, -0.05) is 24.3 Å². The van der Waals surface area contributed by atoms with Crippen LogP contribution in [0.4, 0.5) is 0 Å². The lowest BCUT2D eigenvalue weighted by Gasteiger charge is -2.09. The van der Waals surface area contributed by atoms with Gasteiger partial charge in [-0.3, -0.25) is 0 Å². The summed E-state index contributed by atoms with van der Waals surface area (Å²) in [6, 6.07) is 13.6. The van der Waals surface area contributed by atoms with Crippen molar-refractivity contribution in [3.63, 3.8) is 0 Å². The molecule has 0 aliphatic carbocycles. The Balaban J connectivity index is 2.37. The van der Waals surface area contributed by atoms with Crippen molar-refractivity contribution in [2.45, 2.75) is 13.8 Å². The molecular formula is C17H18O3. The van der Waals surface area contributed by atoms with Crippen molar-refractivity contribution in [2.75, 3.05) is 13.7 Å². The topological polar surface area (TPSA) is 35.5 Å². The number of benzene rings is 2. The standard InChI is InChI=1S/C17H18O3/c1-4-20-17(18)16-11-14(6-5-12(16)2)13-7-9-15(19-3)10-8-13/h5-11H,4H2,1-3H3. The molecule has 20 heavy (non-hydrogen) atoms. The highest BCUT2D eigenvalue weighted by Gasteiger charge is 2.11. The van der Waals surface area contributed by atoms with E-state index in [9.17, 15) is 4.79 Å². The molecule has 0 spiro atoms. The molecule has 2 aromatic rings. The van der Waals surface area contributed by atoms with E-state index in [4.69, 9.17) is 9.47 Å². The molecule has 2 rings (SSSR count). The monoisotopic (exact) mass is 270 g/mol. The van der Waals surface area contributed by atoms with E-state index in [2.05, 4.69) is 0 Å². The third-order valence-electron chi connectivity index (χ3n) is 3.16. The van der Waals surface area contributed by atoms with Gasteiger partial charge in [0.2, 0.25) is 0 Å². The molecule has 0 bridgehead atoms. The predicted octanol–water partition coefficient (Wildman–Crippen LogP) is 3.85. The number of carbonyl (C=O) groups excluding carboxylic acids is 1. The van der Waals surface area contributed by atoms with Crippen molar-refractivity contribution in [1.29, 1.82) is 0 Å². The number of aryl methyl sites for hydroxylation is 1. The Hall–Kier alpha value is -2.29. The van der Waals surface area contributed by atoms with Gasteiger partial charge in [0.25, 0.3) is 0 Å². The average molecular weight is 270 g/mol. The first-order valence-electron chi connectivity index (χ1n) is 6.58. The number of rotatable bonds is 4. The molecule has 0 aromatic heterocycles. The van der Waals surface area contributed by atoms with Gasteiger partial charge in [-0.15, -0.1) is 0 Å². The minimum Gasteiger partial charge on any atom is -0.497 e. The van der Waals surface area contributed by atoms with E-state index >= 15 is 0 Å². The van der Waals surface area contributed by atoms with Crippen molar-refractivity contribution >= 4 is 5.97 Å². The van der Waals surface area contributed by atoms with Crippen molar-refractivity contribution in [1.82, 2.24) is 0 Å². The van der Waals surface area contributed by atoms with Crippen LogP contribution in [0.1, 0.15) is 22.8 Å². The maximum Gasteiger partial charge on any atom is 0.338 e. The van der Waals surface area contributed by atoms with Crippen molar-refractivity contribution in [2.24, 2.45) is 0 Å². The molecule has 0 unspecified atom stereocenters. The third kappa shape index (κ3) is 2.99. The van der Waals surface area contributed by atoms with Crippen LogP contribution in [0.5, 0.6) is 5.75 Å². The van der Waals surface area contributed by atoms with Crippen LogP contribution >= 0.6 is 0 Å². The lowest BCUT2D eigenvalue weighted by atomic mass is 10.00. The minimum atomic E-state index is -0.277. The van der Waals surface area contributed by atoms with E-state index in [-0.39, 0.29) is 5.97 Å². The van der Waals surface area contributed by atoms with Crippen molar-refractivity contribution in [3.05, 3.63) is 53.6 Å². The van der Waals surface area contributed by atoms with Gasteiger partial charge < -0.3 is 9.47 Å². The first kappa shape index (κ1) is 14.1. The SMILES string of the molecule is CCOC(=O)c1cc(-c2ccc(OC)cc2)ccc1C. The smallest absolute Gasteiger partial charge is 0.338 e. The summed E-state index contributed by atoms with van der Waals surface area (Å²) in [5, 5.41) is 0. The fourth-order valence-corrected chi connectivity index (χ4v) is 2.01. The van der Waals surface area contributed by atoms with Crippen LogP contribution in [0.3, 0.4) is 0 Å². The third-order valence-corrected chi connectivity index (χ3v) is 3.16. The van der Waals surface area contributed by atoms with Gasteiger partial charge in [-0.25, -0.2) is 4.79 Å². The zero-order valence-corrected chi connectivity index (χ0v) is 12.0. The number of hydrogen-bond donors (Lipinski definition) is 0. The second-order valence-electron chi connectivity index (χ2n) is 4.48. The summed E-state index contributed by atoms with van der Waals surface area (Å²) in [5.74, 6) is 0.534. The molecule has 0 aliphatic heterocycles. The summed E-state index contributed by atoms with van der Waals surface area (Å²) in [5.41, 5.74) is 3.55. The van der Waals surface area contributed by atoms with Crippen molar-refractivity contribution < 1.29 is 14.3 Å². The van der Waals surface area contributed by atoms with Crippen LogP contribution in [0, 0.1) is 6.92 Å². The van der Waals surface area contributed by atoms with Crippen LogP contribution in [0.2, 0.25) is 0 Å². The van der Waals surface area contributed by atoms with E-state index in [1.54, 1.807) is 14.0 Å². The van der Waals surface area contributed by atoms with Crippen LogP contribution < -0.4 is 4.74 Å². The van der Waals surface area contributed by atoms with Crippen LogP contribution in [-0.2, 0) is 4.74 Å². The normalized spacial score (nSPS) is 10.2. The second-order valence-corrected chi connectivity index (χ2v) is 4.48. The van der Waals surface area contributed by atoms with Crippen LogP contribution in [-0.4, -0.2) is 19.7 Å². The van der Waals surface area contributed by atoms with Gasteiger partial charge in [0.1, 0.15) is 5.75 Å². The van der Waals surface area contributed by atoms with E-state index < -0.39 is 0 Å². The molecule has 2 aromatic carbocycles. The lowest BCUT2D eigenvalue weighted by Crippen LogP contribution is -2.06. The maximum absolute atomic E-state index is 11.9. The van der Waals surface area contributed by atoms with Crippen LogP contribution in [0.25, 0.3) is 11.1 Å². The maximum atomic E-state index is 11.9. The Kier molecular flexibility index (Phi) is 4.41. The Morgan fingerprint density at radius 2 is 1.70 bits per heavy atom. The summed E-state index contributed by atoms with van der Waals surface area (Å²) in [6.07, 6.45) is 0. The first-order valence-corrected chi connectivity index (χ1v) is 6.58. The van der Waals surface area contributed by atoms with Gasteiger partial charge in [-0.2, -0.15) is 0 Å². The van der Waals surface area contributed by atoms with E-state index in [0.29, 0.717) is 12.2 Å². The largest absolute Gasteiger partial charge is 0.497 e. The number of methoxy groups -OCH3 is 1. The van der Waals surface area contributed by atoms with Gasteiger partial charge in [0.15, 0.2) is 0 Å². The van der Waals surface area contributed by atoms with Gasteiger partial charge in [0.05, 0.1) is 19.3 Å². The Bertz CT molecular complexity index is 600. The Morgan fingerprint density at radius 1 is 1.05 bits per heavy atom. The summed E-state index contributed by atoms with van der Waals surface area (Å²) in [4.78, 5) is 11.9. The molecule has 0 heterocycles. The highest BCUT2D eigenvalue weighted by atomic mass is 16.5. The van der Waals surface area contributed by atoms with E-state index in [0.717, 1.165) is 22.4 Å². The van der Waals surface area contributed by atoms with E-state index in [1.807, 2.05) is 49.4 Å². The molecule has 0 fully saturated rings. The fourth-order valence-electron chi connectivity index (χ4n) is 2.01. The average Bonchev–Trinajstić information content (AvgIpc) is 2.48. The summed E-state index contributed by atoms with van der Waals surface area (Å²) >= 11 is 0. The zero-order chi connectivity index (χ0) is 14.5. The molecule has 0 atom stereocenters. The number of carbonyl (C=O) groups is 1. The first-order chi connectivity index (χ1) is 9.65. The molecule has 0 radical (unpaired) electrons. The lowest BCUT2D eigenvalue weighted by molar-refractivity contribution is 0.0525. The molecule has 0 aliphatic rings. The van der Waals surface area contributed by atoms with Gasteiger partial charge in [-0.05, 0) is 48.7 Å². The predicted molar refractivity (Wildman–Crippen MR) is 79.1 cm³/mol. The summed E-state index contributed by atoms with van der Waals surface area (Å²) < 4.78 is 10.2. The molecule has 0 N–H and O–H groups in total. The fraction of sp³-hybridized carbons (Fsp3) is 0.235. The molecule has 0 saturated heterocycles.